The molecule has 0 fully saturated rings. The summed E-state index contributed by atoms with van der Waals surface area (Å²) in [5, 5.41) is 19.4. The summed E-state index contributed by atoms with van der Waals surface area (Å²) in [7, 11) is 3.18. The van der Waals surface area contributed by atoms with Gasteiger partial charge in [-0.15, -0.1) is 5.10 Å². The average molecular weight is 473 g/mol. The molecule has 0 saturated carbocycles. The SMILES string of the molecule is CCOC(=O)Nc1nc2c(NCc3ccc(OC)cc3OC)nc(-c3cccc(C#N)c3)cn2n1. The minimum atomic E-state index is -0.657. The van der Waals surface area contributed by atoms with Gasteiger partial charge in [-0.05, 0) is 31.2 Å². The molecule has 2 aromatic heterocycles. The molecule has 4 aromatic rings. The van der Waals surface area contributed by atoms with Gasteiger partial charge in [0.2, 0.25) is 0 Å². The molecule has 0 saturated heterocycles. The zero-order chi connectivity index (χ0) is 24.8. The van der Waals surface area contributed by atoms with Crippen LogP contribution >= 0.6 is 0 Å². The van der Waals surface area contributed by atoms with Gasteiger partial charge in [0, 0.05) is 23.7 Å². The van der Waals surface area contributed by atoms with Crippen LogP contribution in [0.4, 0.5) is 16.6 Å². The van der Waals surface area contributed by atoms with E-state index in [4.69, 9.17) is 19.2 Å². The van der Waals surface area contributed by atoms with Gasteiger partial charge in [-0.3, -0.25) is 5.32 Å². The van der Waals surface area contributed by atoms with Crippen LogP contribution < -0.4 is 20.1 Å². The summed E-state index contributed by atoms with van der Waals surface area (Å²) in [6.07, 6.45) is 1.02. The van der Waals surface area contributed by atoms with Gasteiger partial charge in [-0.25, -0.2) is 14.3 Å². The van der Waals surface area contributed by atoms with E-state index in [1.165, 1.54) is 4.52 Å². The van der Waals surface area contributed by atoms with E-state index >= 15 is 0 Å². The summed E-state index contributed by atoms with van der Waals surface area (Å²) in [5.41, 5.74) is 3.06. The van der Waals surface area contributed by atoms with Crippen molar-refractivity contribution < 1.29 is 19.0 Å². The predicted octanol–water partition coefficient (Wildman–Crippen LogP) is 3.86. The van der Waals surface area contributed by atoms with Gasteiger partial charge in [0.25, 0.3) is 5.95 Å². The zero-order valence-corrected chi connectivity index (χ0v) is 19.4. The van der Waals surface area contributed by atoms with Gasteiger partial charge in [0.05, 0.1) is 44.3 Å². The maximum atomic E-state index is 11.9. The topological polar surface area (TPSA) is 136 Å². The number of methoxy groups -OCH3 is 2. The smallest absolute Gasteiger partial charge is 0.414 e. The van der Waals surface area contributed by atoms with E-state index in [9.17, 15) is 10.1 Å². The number of anilines is 2. The number of rotatable bonds is 8. The summed E-state index contributed by atoms with van der Waals surface area (Å²) in [5.74, 6) is 1.82. The number of hydrogen-bond acceptors (Lipinski definition) is 9. The molecule has 1 amide bonds. The van der Waals surface area contributed by atoms with Gasteiger partial charge >= 0.3 is 6.09 Å². The van der Waals surface area contributed by atoms with E-state index in [-0.39, 0.29) is 12.6 Å². The summed E-state index contributed by atoms with van der Waals surface area (Å²) < 4.78 is 17.2. The molecular weight excluding hydrogens is 450 g/mol. The molecular formula is C24H23N7O4. The lowest BCUT2D eigenvalue weighted by Gasteiger charge is -2.13. The van der Waals surface area contributed by atoms with Crippen LogP contribution in [0.2, 0.25) is 0 Å². The third kappa shape index (κ3) is 5.22. The summed E-state index contributed by atoms with van der Waals surface area (Å²) >= 11 is 0. The van der Waals surface area contributed by atoms with Crippen molar-refractivity contribution in [1.82, 2.24) is 19.6 Å². The number of nitrogens with zero attached hydrogens (tertiary/aromatic N) is 5. The van der Waals surface area contributed by atoms with E-state index in [1.54, 1.807) is 51.6 Å². The number of benzene rings is 2. The number of carbonyl (C=O) groups is 1. The van der Waals surface area contributed by atoms with Gasteiger partial charge in [0.15, 0.2) is 11.5 Å². The summed E-state index contributed by atoms with van der Waals surface area (Å²) in [6, 6.07) is 14.7. The Morgan fingerprint density at radius 2 is 2.00 bits per heavy atom. The number of ether oxygens (including phenoxy) is 3. The first kappa shape index (κ1) is 23.3. The highest BCUT2D eigenvalue weighted by Gasteiger charge is 2.16. The van der Waals surface area contributed by atoms with Crippen LogP contribution in [0.15, 0.2) is 48.7 Å². The molecule has 0 atom stereocenters. The molecule has 35 heavy (non-hydrogen) atoms. The molecule has 0 aliphatic carbocycles. The molecule has 0 spiro atoms. The van der Waals surface area contributed by atoms with Crippen molar-refractivity contribution in [2.45, 2.75) is 13.5 Å². The molecule has 11 nitrogen and oxygen atoms in total. The Morgan fingerprint density at radius 3 is 2.74 bits per heavy atom. The maximum Gasteiger partial charge on any atom is 0.414 e. The van der Waals surface area contributed by atoms with Crippen LogP contribution in [0.1, 0.15) is 18.1 Å². The van der Waals surface area contributed by atoms with Gasteiger partial charge in [0.1, 0.15) is 11.5 Å². The van der Waals surface area contributed by atoms with Gasteiger partial charge < -0.3 is 19.5 Å². The van der Waals surface area contributed by atoms with Crippen molar-refractivity contribution in [3.05, 3.63) is 59.8 Å². The number of amides is 1. The standard InChI is InChI=1S/C24H23N7O4/c1-4-35-24(32)29-23-28-22-21(26-13-17-8-9-18(33-2)11-20(17)34-3)27-19(14-31(22)30-23)16-7-5-6-15(10-16)12-25/h5-11,14H,4,13H2,1-3H3,(H,26,27)(H,29,30,32). The molecule has 2 N–H and O–H groups in total. The molecule has 2 aromatic carbocycles. The number of nitriles is 1. The van der Waals surface area contributed by atoms with Gasteiger partial charge in [-0.2, -0.15) is 10.2 Å². The highest BCUT2D eigenvalue weighted by molar-refractivity contribution is 5.83. The number of carbonyl (C=O) groups excluding carboxylic acids is 1. The van der Waals surface area contributed by atoms with Crippen molar-refractivity contribution in [2.75, 3.05) is 31.5 Å². The molecule has 0 aliphatic heterocycles. The highest BCUT2D eigenvalue weighted by atomic mass is 16.5. The lowest BCUT2D eigenvalue weighted by Crippen LogP contribution is -2.14. The fourth-order valence-electron chi connectivity index (χ4n) is 3.38. The molecule has 0 aliphatic rings. The Morgan fingerprint density at radius 1 is 1.14 bits per heavy atom. The molecule has 4 rings (SSSR count). The molecule has 2 heterocycles. The monoisotopic (exact) mass is 473 g/mol. The first-order valence-corrected chi connectivity index (χ1v) is 10.7. The largest absolute Gasteiger partial charge is 0.497 e. The lowest BCUT2D eigenvalue weighted by atomic mass is 10.1. The lowest BCUT2D eigenvalue weighted by molar-refractivity contribution is 0.167. The molecule has 0 radical (unpaired) electrons. The third-order valence-corrected chi connectivity index (χ3v) is 5.04. The summed E-state index contributed by atoms with van der Waals surface area (Å²) in [6.45, 7) is 2.29. The van der Waals surface area contributed by atoms with Crippen molar-refractivity contribution in [3.63, 3.8) is 0 Å². The minimum absolute atomic E-state index is 0.0678. The second-order valence-electron chi connectivity index (χ2n) is 7.25. The minimum Gasteiger partial charge on any atom is -0.497 e. The van der Waals surface area contributed by atoms with Crippen LogP contribution in [0.5, 0.6) is 11.5 Å². The molecule has 11 heteroatoms. The Kier molecular flexibility index (Phi) is 6.92. The Labute approximate surface area is 201 Å². The van der Waals surface area contributed by atoms with E-state index < -0.39 is 6.09 Å². The van der Waals surface area contributed by atoms with Crippen LogP contribution in [-0.4, -0.2) is 46.5 Å². The Bertz CT molecular complexity index is 1410. The van der Waals surface area contributed by atoms with E-state index in [1.807, 2.05) is 18.2 Å². The van der Waals surface area contributed by atoms with Crippen LogP contribution in [0.3, 0.4) is 0 Å². The van der Waals surface area contributed by atoms with Crippen molar-refractivity contribution >= 4 is 23.5 Å². The van der Waals surface area contributed by atoms with Crippen LogP contribution in [0, 0.1) is 11.3 Å². The fourth-order valence-corrected chi connectivity index (χ4v) is 3.38. The first-order valence-electron chi connectivity index (χ1n) is 10.7. The zero-order valence-electron chi connectivity index (χ0n) is 19.4. The van der Waals surface area contributed by atoms with Gasteiger partial charge in [-0.1, -0.05) is 12.1 Å². The first-order chi connectivity index (χ1) is 17.0. The van der Waals surface area contributed by atoms with Crippen molar-refractivity contribution in [1.29, 1.82) is 5.26 Å². The normalized spacial score (nSPS) is 10.5. The number of fused-ring (bicyclic) bond motifs is 1. The van der Waals surface area contributed by atoms with Crippen LogP contribution in [0.25, 0.3) is 16.9 Å². The maximum absolute atomic E-state index is 11.9. The fraction of sp³-hybridized carbons (Fsp3) is 0.208. The highest BCUT2D eigenvalue weighted by Crippen LogP contribution is 2.27. The third-order valence-electron chi connectivity index (χ3n) is 5.04. The number of hydrogen-bond donors (Lipinski definition) is 2. The predicted molar refractivity (Wildman–Crippen MR) is 128 cm³/mol. The Balaban J connectivity index is 1.73. The average Bonchev–Trinajstić information content (AvgIpc) is 3.29. The number of aromatic nitrogens is 4. The second kappa shape index (κ2) is 10.4. The molecule has 178 valence electrons. The van der Waals surface area contributed by atoms with Crippen molar-refractivity contribution in [2.24, 2.45) is 0 Å². The van der Waals surface area contributed by atoms with E-state index in [0.717, 1.165) is 11.1 Å². The van der Waals surface area contributed by atoms with E-state index in [0.29, 0.717) is 40.8 Å². The second-order valence-corrected chi connectivity index (χ2v) is 7.25. The quantitative estimate of drug-likeness (QED) is 0.391. The van der Waals surface area contributed by atoms with Crippen LogP contribution in [-0.2, 0) is 11.3 Å². The van der Waals surface area contributed by atoms with Crippen molar-refractivity contribution in [3.8, 4) is 28.8 Å². The summed E-state index contributed by atoms with van der Waals surface area (Å²) in [4.78, 5) is 21.0. The Hall–Kier alpha value is -4.85. The number of nitrogens with one attached hydrogen (secondary N) is 2. The molecule has 0 bridgehead atoms. The van der Waals surface area contributed by atoms with E-state index in [2.05, 4.69) is 26.8 Å². The molecule has 0 unspecified atom stereocenters.